The van der Waals surface area contributed by atoms with E-state index < -0.39 is 0 Å². The number of likely N-dealkylation sites (N-methyl/N-ethyl adjacent to an activating group) is 1. The highest BCUT2D eigenvalue weighted by molar-refractivity contribution is 6.17. The van der Waals surface area contributed by atoms with E-state index in [1.807, 2.05) is 0 Å². The van der Waals surface area contributed by atoms with Gasteiger partial charge in [-0.1, -0.05) is 0 Å². The fraction of sp³-hybridized carbons (Fsp3) is 0.533. The average molecular weight is 298 g/mol. The molecule has 1 heterocycles. The average Bonchev–Trinajstić information content (AvgIpc) is 2.66. The Balaban J connectivity index is 2.51. The molecule has 1 aromatic carbocycles. The van der Waals surface area contributed by atoms with Gasteiger partial charge in [0.05, 0.1) is 11.0 Å². The summed E-state index contributed by atoms with van der Waals surface area (Å²) in [5, 5.41) is 0. The molecular weight excluding hydrogens is 277 g/mol. The van der Waals surface area contributed by atoms with Crippen molar-refractivity contribution < 1.29 is 4.39 Å². The number of aryl methyl sites for hydroxylation is 1. The highest BCUT2D eigenvalue weighted by atomic mass is 35.5. The summed E-state index contributed by atoms with van der Waals surface area (Å²) in [6.45, 7) is 5.13. The van der Waals surface area contributed by atoms with Crippen molar-refractivity contribution in [3.63, 3.8) is 0 Å². The van der Waals surface area contributed by atoms with Gasteiger partial charge in [-0.15, -0.1) is 11.6 Å². The first kappa shape index (κ1) is 15.3. The molecule has 0 aliphatic carbocycles. The van der Waals surface area contributed by atoms with Crippen LogP contribution in [-0.2, 0) is 13.0 Å². The van der Waals surface area contributed by atoms with Crippen LogP contribution < -0.4 is 0 Å². The molecule has 0 fully saturated rings. The van der Waals surface area contributed by atoms with Crippen LogP contribution in [0.25, 0.3) is 11.0 Å². The Bertz CT molecular complexity index is 604. The van der Waals surface area contributed by atoms with Crippen LogP contribution in [0.1, 0.15) is 19.7 Å². The van der Waals surface area contributed by atoms with Crippen LogP contribution in [0.4, 0.5) is 4.39 Å². The molecule has 0 atom stereocenters. The quantitative estimate of drug-likeness (QED) is 0.790. The first-order chi connectivity index (χ1) is 9.35. The second-order valence-electron chi connectivity index (χ2n) is 5.89. The Kier molecular flexibility index (Phi) is 4.35. The Morgan fingerprint density at radius 3 is 2.65 bits per heavy atom. The van der Waals surface area contributed by atoms with Gasteiger partial charge in [0, 0.05) is 30.5 Å². The summed E-state index contributed by atoms with van der Waals surface area (Å²) < 4.78 is 15.5. The van der Waals surface area contributed by atoms with Crippen molar-refractivity contribution in [1.82, 2.24) is 14.5 Å². The van der Waals surface area contributed by atoms with Gasteiger partial charge in [0.1, 0.15) is 11.6 Å². The maximum atomic E-state index is 13.3. The number of alkyl halides is 1. The third-order valence-corrected chi connectivity index (χ3v) is 4.05. The molecule has 0 aliphatic rings. The molecule has 5 heteroatoms. The zero-order chi connectivity index (χ0) is 14.9. The van der Waals surface area contributed by atoms with Crippen LogP contribution in [0.15, 0.2) is 18.2 Å². The summed E-state index contributed by atoms with van der Waals surface area (Å²) in [5.41, 5.74) is 1.63. The van der Waals surface area contributed by atoms with E-state index in [4.69, 9.17) is 11.6 Å². The number of benzene rings is 1. The molecule has 0 radical (unpaired) electrons. The maximum Gasteiger partial charge on any atom is 0.125 e. The highest BCUT2D eigenvalue weighted by Crippen LogP contribution is 2.22. The topological polar surface area (TPSA) is 21.1 Å². The van der Waals surface area contributed by atoms with E-state index in [9.17, 15) is 4.39 Å². The van der Waals surface area contributed by atoms with Gasteiger partial charge < -0.3 is 9.47 Å². The fourth-order valence-corrected chi connectivity index (χ4v) is 2.30. The van der Waals surface area contributed by atoms with E-state index in [1.54, 1.807) is 6.07 Å². The van der Waals surface area contributed by atoms with Crippen LogP contribution >= 0.6 is 11.6 Å². The lowest BCUT2D eigenvalue weighted by molar-refractivity contribution is 0.170. The van der Waals surface area contributed by atoms with E-state index >= 15 is 0 Å². The van der Waals surface area contributed by atoms with Crippen molar-refractivity contribution in [3.8, 4) is 0 Å². The molecule has 0 saturated heterocycles. The van der Waals surface area contributed by atoms with E-state index in [2.05, 4.69) is 42.4 Å². The lowest BCUT2D eigenvalue weighted by Gasteiger charge is -2.33. The van der Waals surface area contributed by atoms with Crippen molar-refractivity contribution in [1.29, 1.82) is 0 Å². The molecule has 0 spiro atoms. The summed E-state index contributed by atoms with van der Waals surface area (Å²) in [5.74, 6) is 1.16. The number of imidazole rings is 1. The second kappa shape index (κ2) is 5.70. The minimum absolute atomic E-state index is 0.0247. The Morgan fingerprint density at radius 2 is 2.05 bits per heavy atom. The van der Waals surface area contributed by atoms with Gasteiger partial charge >= 0.3 is 0 Å². The normalized spacial score (nSPS) is 12.6. The second-order valence-corrected chi connectivity index (χ2v) is 6.27. The van der Waals surface area contributed by atoms with Crippen LogP contribution in [0, 0.1) is 5.82 Å². The van der Waals surface area contributed by atoms with Crippen LogP contribution in [0.5, 0.6) is 0 Å². The minimum Gasteiger partial charge on any atom is -0.326 e. The lowest BCUT2D eigenvalue weighted by Crippen LogP contribution is -2.42. The molecule has 0 N–H and O–H groups in total. The molecule has 0 unspecified atom stereocenters. The van der Waals surface area contributed by atoms with Crippen LogP contribution in [-0.4, -0.2) is 40.0 Å². The number of nitrogens with zero attached hydrogens (tertiary/aromatic N) is 3. The van der Waals surface area contributed by atoms with Crippen molar-refractivity contribution >= 4 is 22.6 Å². The van der Waals surface area contributed by atoms with Gasteiger partial charge in [0.15, 0.2) is 0 Å². The highest BCUT2D eigenvalue weighted by Gasteiger charge is 2.24. The lowest BCUT2D eigenvalue weighted by atomic mass is 10.0. The largest absolute Gasteiger partial charge is 0.326 e. The molecule has 20 heavy (non-hydrogen) atoms. The summed E-state index contributed by atoms with van der Waals surface area (Å²) in [6, 6.07) is 4.75. The molecule has 0 bridgehead atoms. The number of rotatable bonds is 5. The van der Waals surface area contributed by atoms with Crippen LogP contribution in [0.3, 0.4) is 0 Å². The maximum absolute atomic E-state index is 13.3. The smallest absolute Gasteiger partial charge is 0.125 e. The monoisotopic (exact) mass is 297 g/mol. The van der Waals surface area contributed by atoms with Crippen molar-refractivity contribution in [2.24, 2.45) is 0 Å². The number of halogens is 2. The third-order valence-electron chi connectivity index (χ3n) is 3.86. The first-order valence-corrected chi connectivity index (χ1v) is 7.26. The molecule has 0 amide bonds. The molecule has 2 rings (SSSR count). The fourth-order valence-electron chi connectivity index (χ4n) is 2.13. The number of hydrogen-bond donors (Lipinski definition) is 0. The van der Waals surface area contributed by atoms with E-state index in [1.165, 1.54) is 12.1 Å². The Labute approximate surface area is 124 Å². The molecule has 0 saturated carbocycles. The number of aromatic nitrogens is 2. The molecule has 1 aromatic heterocycles. The van der Waals surface area contributed by atoms with Gasteiger partial charge in [-0.2, -0.15) is 0 Å². The van der Waals surface area contributed by atoms with Gasteiger partial charge in [0.25, 0.3) is 0 Å². The zero-order valence-electron chi connectivity index (χ0n) is 12.5. The van der Waals surface area contributed by atoms with E-state index in [-0.39, 0.29) is 11.4 Å². The van der Waals surface area contributed by atoms with E-state index in [0.29, 0.717) is 17.8 Å². The van der Waals surface area contributed by atoms with Gasteiger partial charge in [0.2, 0.25) is 0 Å². The summed E-state index contributed by atoms with van der Waals surface area (Å²) in [7, 11) is 4.11. The van der Waals surface area contributed by atoms with Crippen molar-refractivity contribution in [3.05, 3.63) is 29.8 Å². The third kappa shape index (κ3) is 2.96. The van der Waals surface area contributed by atoms with Crippen molar-refractivity contribution in [2.75, 3.05) is 20.0 Å². The Hall–Kier alpha value is -1.13. The first-order valence-electron chi connectivity index (χ1n) is 6.73. The van der Waals surface area contributed by atoms with Gasteiger partial charge in [-0.3, -0.25) is 0 Å². The molecular formula is C15H21ClFN3. The van der Waals surface area contributed by atoms with Gasteiger partial charge in [-0.05, 0) is 40.1 Å². The van der Waals surface area contributed by atoms with Crippen molar-refractivity contribution in [2.45, 2.75) is 32.4 Å². The minimum atomic E-state index is -0.258. The zero-order valence-corrected chi connectivity index (χ0v) is 13.2. The summed E-state index contributed by atoms with van der Waals surface area (Å²) in [4.78, 5) is 6.70. The Morgan fingerprint density at radius 1 is 1.35 bits per heavy atom. The molecule has 2 aromatic rings. The molecule has 3 nitrogen and oxygen atoms in total. The standard InChI is InChI=1S/C15H21ClFN3/c1-15(2,19(3)4)10-20-13-6-5-11(17)9-12(13)18-14(20)7-8-16/h5-6,9H,7-8,10H2,1-4H3. The summed E-state index contributed by atoms with van der Waals surface area (Å²) >= 11 is 5.86. The van der Waals surface area contributed by atoms with Gasteiger partial charge in [-0.25, -0.2) is 9.37 Å². The summed E-state index contributed by atoms with van der Waals surface area (Å²) in [6.07, 6.45) is 0.682. The predicted molar refractivity (Wildman–Crippen MR) is 81.9 cm³/mol. The predicted octanol–water partition coefficient (Wildman–Crippen LogP) is 3.30. The molecule has 110 valence electrons. The van der Waals surface area contributed by atoms with Crippen LogP contribution in [0.2, 0.25) is 0 Å². The number of fused-ring (bicyclic) bond motifs is 1. The SMILES string of the molecule is CN(C)C(C)(C)Cn1c(CCCl)nc2cc(F)ccc21. The number of hydrogen-bond acceptors (Lipinski definition) is 2. The molecule has 0 aliphatic heterocycles. The van der Waals surface area contributed by atoms with E-state index in [0.717, 1.165) is 17.9 Å².